The van der Waals surface area contributed by atoms with Crippen LogP contribution >= 0.6 is 24.0 Å². The average molecular weight is 548 g/mol. The van der Waals surface area contributed by atoms with Crippen molar-refractivity contribution in [1.82, 2.24) is 24.9 Å². The van der Waals surface area contributed by atoms with Gasteiger partial charge < -0.3 is 14.6 Å². The van der Waals surface area contributed by atoms with E-state index in [9.17, 15) is 0 Å². The van der Waals surface area contributed by atoms with E-state index < -0.39 is 0 Å². The van der Waals surface area contributed by atoms with Gasteiger partial charge in [0.25, 0.3) is 0 Å². The highest BCUT2D eigenvalue weighted by molar-refractivity contribution is 14.0. The van der Waals surface area contributed by atoms with Crippen LogP contribution in [0.4, 0.5) is 0 Å². The smallest absolute Gasteiger partial charge is 0.193 e. The Labute approximate surface area is 207 Å². The minimum Gasteiger partial charge on any atom is -0.468 e. The molecule has 32 heavy (non-hydrogen) atoms. The lowest BCUT2D eigenvalue weighted by atomic mass is 10.0. The summed E-state index contributed by atoms with van der Waals surface area (Å²) in [5, 5.41) is 7.91. The van der Waals surface area contributed by atoms with Gasteiger partial charge in [-0.1, -0.05) is 24.3 Å². The molecule has 1 aliphatic rings. The molecule has 7 nitrogen and oxygen atoms in total. The number of furan rings is 1. The topological polar surface area (TPSA) is 61.8 Å². The third-order valence-corrected chi connectivity index (χ3v) is 5.90. The molecule has 1 unspecified atom stereocenters. The van der Waals surface area contributed by atoms with Crippen molar-refractivity contribution in [3.63, 3.8) is 0 Å². The lowest BCUT2D eigenvalue weighted by Crippen LogP contribution is -2.39. The van der Waals surface area contributed by atoms with Crippen LogP contribution in [0.5, 0.6) is 0 Å². The number of hydrogen-bond acceptors (Lipinski definition) is 4. The van der Waals surface area contributed by atoms with Crippen LogP contribution in [0.2, 0.25) is 0 Å². The molecule has 172 valence electrons. The second-order valence-corrected chi connectivity index (χ2v) is 8.30. The van der Waals surface area contributed by atoms with Crippen molar-refractivity contribution in [1.29, 1.82) is 0 Å². The summed E-state index contributed by atoms with van der Waals surface area (Å²) in [5.74, 6) is 2.45. The number of benzene rings is 1. The first-order valence-corrected chi connectivity index (χ1v) is 10.8. The van der Waals surface area contributed by atoms with Crippen LogP contribution < -0.4 is 5.32 Å². The fraction of sp³-hybridized carbons (Fsp3) is 0.417. The van der Waals surface area contributed by atoms with Gasteiger partial charge in [0, 0.05) is 52.4 Å². The van der Waals surface area contributed by atoms with E-state index in [0.29, 0.717) is 5.92 Å². The van der Waals surface area contributed by atoms with Gasteiger partial charge in [-0.15, -0.1) is 24.0 Å². The van der Waals surface area contributed by atoms with E-state index in [1.165, 1.54) is 16.7 Å². The summed E-state index contributed by atoms with van der Waals surface area (Å²) in [6.45, 7) is 4.39. The highest BCUT2D eigenvalue weighted by atomic mass is 127. The van der Waals surface area contributed by atoms with E-state index >= 15 is 0 Å². The number of aromatic nitrogens is 2. The molecule has 0 bridgehead atoms. The van der Waals surface area contributed by atoms with E-state index in [4.69, 9.17) is 4.42 Å². The standard InChI is InChI=1S/C24H32N6O.HI/c1-25-24(30-11-10-21(17-30)22-14-27-29(3)16-22)26-13-19-7-4-5-8-20(19)15-28(2)18-23-9-6-12-31-23;/h4-9,12,14,16,21H,10-11,13,15,17-18H2,1-3H3,(H,25,26);1H. The van der Waals surface area contributed by atoms with Crippen molar-refractivity contribution >= 4 is 29.9 Å². The first-order valence-electron chi connectivity index (χ1n) is 10.8. The van der Waals surface area contributed by atoms with Gasteiger partial charge in [0.15, 0.2) is 5.96 Å². The Bertz CT molecular complexity index is 1000. The number of halogens is 1. The molecule has 4 rings (SSSR count). The van der Waals surface area contributed by atoms with Crippen molar-refractivity contribution in [3.8, 4) is 0 Å². The monoisotopic (exact) mass is 548 g/mol. The van der Waals surface area contributed by atoms with Crippen LogP contribution in [0.3, 0.4) is 0 Å². The quantitative estimate of drug-likeness (QED) is 0.277. The molecule has 0 aliphatic carbocycles. The van der Waals surface area contributed by atoms with E-state index in [1.54, 1.807) is 6.26 Å². The van der Waals surface area contributed by atoms with Crippen LogP contribution in [-0.2, 0) is 26.7 Å². The zero-order valence-corrected chi connectivity index (χ0v) is 21.4. The number of aryl methyl sites for hydroxylation is 1. The number of guanidine groups is 1. The second kappa shape index (κ2) is 11.5. The van der Waals surface area contributed by atoms with Gasteiger partial charge in [0.2, 0.25) is 0 Å². The maximum atomic E-state index is 5.48. The molecule has 1 fully saturated rings. The number of nitrogens with zero attached hydrogens (tertiary/aromatic N) is 5. The summed E-state index contributed by atoms with van der Waals surface area (Å²) in [5.41, 5.74) is 3.91. The zero-order chi connectivity index (χ0) is 21.6. The summed E-state index contributed by atoms with van der Waals surface area (Å²) in [6.07, 6.45) is 6.96. The zero-order valence-electron chi connectivity index (χ0n) is 19.1. The molecule has 1 aliphatic heterocycles. The number of rotatable bonds is 7. The Kier molecular flexibility index (Phi) is 8.75. The molecule has 3 heterocycles. The van der Waals surface area contributed by atoms with Crippen molar-refractivity contribution < 1.29 is 4.42 Å². The Hall–Kier alpha value is -2.33. The predicted octanol–water partition coefficient (Wildman–Crippen LogP) is 3.83. The summed E-state index contributed by atoms with van der Waals surface area (Å²) in [4.78, 5) is 9.17. The molecule has 3 aromatic rings. The van der Waals surface area contributed by atoms with Crippen LogP contribution in [0.25, 0.3) is 0 Å². The van der Waals surface area contributed by atoms with Gasteiger partial charge >= 0.3 is 0 Å². The number of hydrogen-bond donors (Lipinski definition) is 1. The van der Waals surface area contributed by atoms with E-state index in [0.717, 1.165) is 50.9 Å². The number of aliphatic imine (C=N–C) groups is 1. The highest BCUT2D eigenvalue weighted by Gasteiger charge is 2.26. The largest absolute Gasteiger partial charge is 0.468 e. The maximum absolute atomic E-state index is 5.48. The van der Waals surface area contributed by atoms with Gasteiger partial charge in [0.1, 0.15) is 5.76 Å². The fourth-order valence-electron chi connectivity index (χ4n) is 4.28. The van der Waals surface area contributed by atoms with Gasteiger partial charge in [-0.3, -0.25) is 14.6 Å². The normalized spacial score (nSPS) is 16.4. The second-order valence-electron chi connectivity index (χ2n) is 8.30. The molecule has 1 N–H and O–H groups in total. The van der Waals surface area contributed by atoms with E-state index in [2.05, 4.69) is 62.7 Å². The Morgan fingerprint density at radius 2 is 2.03 bits per heavy atom. The van der Waals surface area contributed by atoms with Gasteiger partial charge in [-0.25, -0.2) is 0 Å². The summed E-state index contributed by atoms with van der Waals surface area (Å²) >= 11 is 0. The first kappa shape index (κ1) is 24.3. The average Bonchev–Trinajstić information content (AvgIpc) is 3.52. The lowest BCUT2D eigenvalue weighted by Gasteiger charge is -2.23. The van der Waals surface area contributed by atoms with Crippen molar-refractivity contribution in [2.24, 2.45) is 12.0 Å². The first-order chi connectivity index (χ1) is 15.1. The van der Waals surface area contributed by atoms with Crippen LogP contribution in [0, 0.1) is 0 Å². The van der Waals surface area contributed by atoms with Gasteiger partial charge in [-0.2, -0.15) is 5.10 Å². The SMILES string of the molecule is CN=C(NCc1ccccc1CN(C)Cc1ccco1)N1CCC(c2cnn(C)c2)C1.I. The Balaban J connectivity index is 0.00000289. The third kappa shape index (κ3) is 6.13. The predicted molar refractivity (Wildman–Crippen MR) is 138 cm³/mol. The highest BCUT2D eigenvalue weighted by Crippen LogP contribution is 2.26. The van der Waals surface area contributed by atoms with Gasteiger partial charge in [0.05, 0.1) is 19.0 Å². The van der Waals surface area contributed by atoms with Crippen LogP contribution in [0.15, 0.2) is 64.5 Å². The summed E-state index contributed by atoms with van der Waals surface area (Å²) in [7, 11) is 5.96. The van der Waals surface area contributed by atoms with E-state index in [1.807, 2.05) is 37.1 Å². The van der Waals surface area contributed by atoms with Crippen LogP contribution in [-0.4, -0.2) is 52.7 Å². The minimum atomic E-state index is 0. The molecule has 0 saturated carbocycles. The molecule has 1 atom stereocenters. The fourth-order valence-corrected chi connectivity index (χ4v) is 4.28. The number of likely N-dealkylation sites (tertiary alicyclic amines) is 1. The third-order valence-electron chi connectivity index (χ3n) is 5.90. The Morgan fingerprint density at radius 1 is 1.22 bits per heavy atom. The minimum absolute atomic E-state index is 0. The molecular weight excluding hydrogens is 515 g/mol. The maximum Gasteiger partial charge on any atom is 0.193 e. The van der Waals surface area contributed by atoms with Gasteiger partial charge in [-0.05, 0) is 42.3 Å². The van der Waals surface area contributed by atoms with Crippen molar-refractivity contribution in [3.05, 3.63) is 77.5 Å². The molecule has 0 spiro atoms. The molecule has 1 aromatic carbocycles. The molecule has 2 aromatic heterocycles. The molecule has 0 radical (unpaired) electrons. The summed E-state index contributed by atoms with van der Waals surface area (Å²) in [6, 6.07) is 12.6. The Morgan fingerprint density at radius 3 is 2.72 bits per heavy atom. The molecular formula is C24H33IN6O. The number of nitrogens with one attached hydrogen (secondary N) is 1. The molecule has 1 saturated heterocycles. The summed E-state index contributed by atoms with van der Waals surface area (Å²) < 4.78 is 7.36. The lowest BCUT2D eigenvalue weighted by molar-refractivity contribution is 0.287. The van der Waals surface area contributed by atoms with Crippen molar-refractivity contribution in [2.75, 3.05) is 27.2 Å². The molecule has 8 heteroatoms. The van der Waals surface area contributed by atoms with E-state index in [-0.39, 0.29) is 24.0 Å². The molecule has 0 amide bonds. The van der Waals surface area contributed by atoms with Crippen LogP contribution in [0.1, 0.15) is 34.8 Å². The van der Waals surface area contributed by atoms with Crippen molar-refractivity contribution in [2.45, 2.75) is 32.0 Å².